The van der Waals surface area contributed by atoms with Crippen molar-refractivity contribution in [2.24, 2.45) is 0 Å². The lowest BCUT2D eigenvalue weighted by Crippen LogP contribution is -2.56. The molecule has 0 aliphatic carbocycles. The molecule has 6 rings (SSSR count). The Balaban J connectivity index is 1.47. The van der Waals surface area contributed by atoms with E-state index in [0.29, 0.717) is 40.7 Å². The molecule has 2 aliphatic rings. The van der Waals surface area contributed by atoms with Gasteiger partial charge < -0.3 is 24.4 Å². The zero-order valence-electron chi connectivity index (χ0n) is 23.6. The van der Waals surface area contributed by atoms with Crippen LogP contribution in [0.4, 0.5) is 15.0 Å². The van der Waals surface area contributed by atoms with Gasteiger partial charge in [-0.15, -0.1) is 0 Å². The van der Waals surface area contributed by atoms with Crippen molar-refractivity contribution in [2.45, 2.75) is 38.5 Å². The summed E-state index contributed by atoms with van der Waals surface area (Å²) in [6.07, 6.45) is 1.94. The van der Waals surface area contributed by atoms with Crippen molar-refractivity contribution in [1.29, 1.82) is 0 Å². The number of rotatable bonds is 6. The van der Waals surface area contributed by atoms with Crippen LogP contribution < -0.4 is 15.2 Å². The number of carbonyl (C=O) groups is 1. The molecule has 2 aromatic heterocycles. The van der Waals surface area contributed by atoms with E-state index in [1.807, 2.05) is 4.90 Å². The molecule has 1 saturated heterocycles. The summed E-state index contributed by atoms with van der Waals surface area (Å²) >= 11 is 6.95. The number of ether oxygens (including phenoxy) is 2. The molecule has 10 nitrogen and oxygen atoms in total. The number of carboxylic acid groups (broad SMARTS) is 1. The minimum atomic E-state index is -1.29. The van der Waals surface area contributed by atoms with Crippen LogP contribution in [0, 0.1) is 5.82 Å². The summed E-state index contributed by atoms with van der Waals surface area (Å²) in [5, 5.41) is 10.8. The van der Waals surface area contributed by atoms with Crippen molar-refractivity contribution in [3.8, 4) is 16.9 Å². The van der Waals surface area contributed by atoms with Crippen LogP contribution >= 0.6 is 11.6 Å². The van der Waals surface area contributed by atoms with Crippen LogP contribution in [-0.4, -0.2) is 77.6 Å². The summed E-state index contributed by atoms with van der Waals surface area (Å²) in [7, 11) is -1.29. The number of hydrogen-bond donors (Lipinski definition) is 1. The third kappa shape index (κ3) is 4.97. The molecule has 1 amide bonds. The third-order valence-corrected chi connectivity index (χ3v) is 9.91. The van der Waals surface area contributed by atoms with E-state index in [9.17, 15) is 14.7 Å². The van der Waals surface area contributed by atoms with Gasteiger partial charge in [-0.25, -0.2) is 19.2 Å². The largest absolute Gasteiger partial charge is 0.489 e. The molecule has 13 heteroatoms. The van der Waals surface area contributed by atoms with Crippen LogP contribution in [0.5, 0.6) is 5.75 Å². The molecule has 0 bridgehead atoms. The molecule has 0 saturated carbocycles. The second-order valence-corrected chi connectivity index (χ2v) is 17.8. The van der Waals surface area contributed by atoms with E-state index in [-0.39, 0.29) is 59.9 Å². The second-order valence-electron chi connectivity index (χ2n) is 11.8. The second kappa shape index (κ2) is 10.8. The van der Waals surface area contributed by atoms with Crippen LogP contribution in [0.3, 0.4) is 0 Å². The number of piperazine rings is 1. The summed E-state index contributed by atoms with van der Waals surface area (Å²) in [4.78, 5) is 37.3. The molecule has 4 aromatic rings. The maximum Gasteiger partial charge on any atom is 0.407 e. The molecule has 0 spiro atoms. The summed E-state index contributed by atoms with van der Waals surface area (Å²) < 4.78 is 30.0. The Hall–Kier alpha value is -3.74. The molecule has 220 valence electrons. The Labute approximate surface area is 247 Å². The van der Waals surface area contributed by atoms with Crippen LogP contribution in [0.15, 0.2) is 41.6 Å². The molecule has 42 heavy (non-hydrogen) atoms. The topological polar surface area (TPSA) is 110 Å². The molecule has 2 aromatic carbocycles. The maximum absolute atomic E-state index is 16.5. The van der Waals surface area contributed by atoms with Crippen molar-refractivity contribution < 1.29 is 23.8 Å². The highest BCUT2D eigenvalue weighted by molar-refractivity contribution is 6.76. The SMILES string of the molecule is C[Si](C)(C)CCOCn1ccc2cccc(-c3c(Cl)c4c5c(ncnc5c3F)N3CCN(C(=O)O)C[C@H]3CO4)c2c1=O. The van der Waals surface area contributed by atoms with E-state index < -0.39 is 20.0 Å². The highest BCUT2D eigenvalue weighted by Crippen LogP contribution is 2.48. The highest BCUT2D eigenvalue weighted by Gasteiger charge is 2.37. The maximum atomic E-state index is 16.5. The van der Waals surface area contributed by atoms with Crippen LogP contribution in [0.1, 0.15) is 0 Å². The number of halogens is 2. The van der Waals surface area contributed by atoms with Gasteiger partial charge in [-0.1, -0.05) is 49.4 Å². The number of amides is 1. The molecule has 1 N–H and O–H groups in total. The number of fused-ring (bicyclic) bond motifs is 3. The van der Waals surface area contributed by atoms with Crippen LogP contribution in [0.25, 0.3) is 32.8 Å². The average molecular weight is 612 g/mol. The molecule has 4 heterocycles. The summed E-state index contributed by atoms with van der Waals surface area (Å²) in [6.45, 7) is 8.35. The molecule has 0 unspecified atom stereocenters. The standard InChI is InChI=1S/C29H31ClFN5O5Si/c1-42(2,3)12-11-40-16-35-8-7-17-5-4-6-19(20(17)28(35)37)21-23(30)26-22-25(24(21)31)32-15-33-27(22)36-10-9-34(29(38)39)13-18(36)14-41-26/h4-8,15,18H,9-14,16H2,1-3H3,(H,38,39)/t18-/m0/s1. The van der Waals surface area contributed by atoms with Crippen molar-refractivity contribution in [3.05, 3.63) is 58.0 Å². The highest BCUT2D eigenvalue weighted by atomic mass is 35.5. The first-order valence-electron chi connectivity index (χ1n) is 13.8. The minimum Gasteiger partial charge on any atom is -0.489 e. The third-order valence-electron chi connectivity index (χ3n) is 7.85. The van der Waals surface area contributed by atoms with Gasteiger partial charge in [-0.05, 0) is 23.1 Å². The van der Waals surface area contributed by atoms with Gasteiger partial charge in [0.05, 0.1) is 21.8 Å². The van der Waals surface area contributed by atoms with Crippen molar-refractivity contribution in [2.75, 3.05) is 37.7 Å². The Morgan fingerprint density at radius 1 is 1.21 bits per heavy atom. The summed E-state index contributed by atoms with van der Waals surface area (Å²) in [5.74, 6) is -0.0502. The van der Waals surface area contributed by atoms with E-state index in [1.54, 1.807) is 30.5 Å². The van der Waals surface area contributed by atoms with Gasteiger partial charge in [0.1, 0.15) is 31.0 Å². The van der Waals surface area contributed by atoms with Crippen molar-refractivity contribution in [1.82, 2.24) is 19.4 Å². The van der Waals surface area contributed by atoms with Crippen molar-refractivity contribution >= 4 is 53.3 Å². The predicted molar refractivity (Wildman–Crippen MR) is 162 cm³/mol. The number of hydrogen-bond acceptors (Lipinski definition) is 7. The van der Waals surface area contributed by atoms with Gasteiger partial charge in [0.25, 0.3) is 5.56 Å². The minimum absolute atomic E-state index is 0.000299. The smallest absolute Gasteiger partial charge is 0.407 e. The van der Waals surface area contributed by atoms with Crippen molar-refractivity contribution in [3.63, 3.8) is 0 Å². The fraction of sp³-hybridized carbons (Fsp3) is 0.379. The Kier molecular flexibility index (Phi) is 7.32. The monoisotopic (exact) mass is 611 g/mol. The van der Waals surface area contributed by atoms with Gasteiger partial charge in [0.15, 0.2) is 11.6 Å². The Bertz CT molecular complexity index is 1780. The fourth-order valence-electron chi connectivity index (χ4n) is 5.59. The van der Waals surface area contributed by atoms with E-state index in [2.05, 4.69) is 29.6 Å². The molecular weight excluding hydrogens is 581 g/mol. The Morgan fingerprint density at radius 3 is 2.79 bits per heavy atom. The first-order chi connectivity index (χ1) is 20.0. The van der Waals surface area contributed by atoms with Gasteiger partial charge in [0.2, 0.25) is 0 Å². The molecule has 2 aliphatic heterocycles. The first-order valence-corrected chi connectivity index (χ1v) is 17.9. The van der Waals surface area contributed by atoms with E-state index in [4.69, 9.17) is 21.1 Å². The quantitative estimate of drug-likeness (QED) is 0.232. The predicted octanol–water partition coefficient (Wildman–Crippen LogP) is 5.28. The summed E-state index contributed by atoms with van der Waals surface area (Å²) in [6, 6.07) is 7.62. The molecule has 1 fully saturated rings. The lowest BCUT2D eigenvalue weighted by atomic mass is 9.97. The van der Waals surface area contributed by atoms with Crippen LogP contribution in [0.2, 0.25) is 30.7 Å². The van der Waals surface area contributed by atoms with E-state index in [1.165, 1.54) is 15.8 Å². The van der Waals surface area contributed by atoms with E-state index >= 15 is 4.39 Å². The molecule has 1 atom stereocenters. The number of pyridine rings is 1. The zero-order chi connectivity index (χ0) is 29.8. The number of anilines is 1. The Morgan fingerprint density at radius 2 is 2.02 bits per heavy atom. The first kappa shape index (κ1) is 28.4. The van der Waals surface area contributed by atoms with Gasteiger partial charge in [-0.3, -0.25) is 9.36 Å². The number of benzene rings is 2. The zero-order valence-corrected chi connectivity index (χ0v) is 25.3. The van der Waals surface area contributed by atoms with Crippen LogP contribution in [-0.2, 0) is 11.5 Å². The van der Waals surface area contributed by atoms with E-state index in [0.717, 1.165) is 6.04 Å². The number of nitrogens with zero attached hydrogens (tertiary/aromatic N) is 5. The molecule has 0 radical (unpaired) electrons. The average Bonchev–Trinajstić information content (AvgIpc) is 3.12. The molecular formula is C29H31ClFN5O5Si. The van der Waals surface area contributed by atoms with Gasteiger partial charge in [-0.2, -0.15) is 0 Å². The van der Waals surface area contributed by atoms with Gasteiger partial charge >= 0.3 is 6.09 Å². The summed E-state index contributed by atoms with van der Waals surface area (Å²) in [5.41, 5.74) is 0.0136. The lowest BCUT2D eigenvalue weighted by molar-refractivity contribution is 0.0851. The normalized spacial score (nSPS) is 16.8. The lowest BCUT2D eigenvalue weighted by Gasteiger charge is -2.39. The number of aromatic nitrogens is 3. The fourth-order valence-corrected chi connectivity index (χ4v) is 6.68. The van der Waals surface area contributed by atoms with Gasteiger partial charge in [0, 0.05) is 46.1 Å².